The van der Waals surface area contributed by atoms with Gasteiger partial charge in [0.2, 0.25) is 11.8 Å². The molecular weight excluding hydrogens is 316 g/mol. The van der Waals surface area contributed by atoms with Crippen LogP contribution >= 0.6 is 11.6 Å². The Kier molecular flexibility index (Phi) is 5.88. The highest BCUT2D eigenvalue weighted by molar-refractivity contribution is 6.32. The zero-order valence-electron chi connectivity index (χ0n) is 13.8. The first-order valence-electron chi connectivity index (χ1n) is 7.81. The molecule has 1 aromatic carbocycles. The lowest BCUT2D eigenvalue weighted by atomic mass is 10.0. The minimum atomic E-state index is -0.190. The second-order valence-corrected chi connectivity index (χ2v) is 6.42. The molecule has 126 valence electrons. The fraction of sp³-hybridized carbons (Fsp3) is 0.529. The third-order valence-corrected chi connectivity index (χ3v) is 4.43. The molecule has 2 rings (SSSR count). The molecule has 5 nitrogen and oxygen atoms in total. The second kappa shape index (κ2) is 7.68. The van der Waals surface area contributed by atoms with Crippen LogP contribution in [0.4, 0.5) is 5.69 Å². The van der Waals surface area contributed by atoms with Crippen LogP contribution in [-0.4, -0.2) is 43.5 Å². The molecule has 1 atom stereocenters. The van der Waals surface area contributed by atoms with Crippen LogP contribution in [0.1, 0.15) is 26.7 Å². The number of carbonyl (C=O) groups is 2. The number of anilines is 1. The average molecular weight is 339 g/mol. The topological polar surface area (TPSA) is 49.9 Å². The van der Waals surface area contributed by atoms with Gasteiger partial charge in [-0.25, -0.2) is 0 Å². The van der Waals surface area contributed by atoms with Crippen LogP contribution in [0.2, 0.25) is 5.02 Å². The number of hydrogen-bond acceptors (Lipinski definition) is 3. The van der Waals surface area contributed by atoms with Gasteiger partial charge in [-0.15, -0.1) is 0 Å². The SMILES string of the molecule is COc1ccc(N(CC(=O)N2CCCC(C)C2)C(C)=O)cc1Cl. The summed E-state index contributed by atoms with van der Waals surface area (Å²) in [4.78, 5) is 27.8. The predicted octanol–water partition coefficient (Wildman–Crippen LogP) is 2.96. The van der Waals surface area contributed by atoms with E-state index in [1.807, 2.05) is 4.90 Å². The van der Waals surface area contributed by atoms with Gasteiger partial charge >= 0.3 is 0 Å². The highest BCUT2D eigenvalue weighted by Crippen LogP contribution is 2.29. The van der Waals surface area contributed by atoms with Crippen molar-refractivity contribution < 1.29 is 14.3 Å². The van der Waals surface area contributed by atoms with Gasteiger partial charge in [0.1, 0.15) is 12.3 Å². The molecule has 1 unspecified atom stereocenters. The van der Waals surface area contributed by atoms with Crippen molar-refractivity contribution in [2.24, 2.45) is 5.92 Å². The summed E-state index contributed by atoms with van der Waals surface area (Å²) in [5.41, 5.74) is 0.599. The molecular formula is C17H23ClN2O3. The minimum Gasteiger partial charge on any atom is -0.495 e. The van der Waals surface area contributed by atoms with Gasteiger partial charge in [-0.2, -0.15) is 0 Å². The lowest BCUT2D eigenvalue weighted by Crippen LogP contribution is -2.46. The van der Waals surface area contributed by atoms with Crippen LogP contribution in [-0.2, 0) is 9.59 Å². The average Bonchev–Trinajstić information content (AvgIpc) is 2.52. The minimum absolute atomic E-state index is 0.0290. The Morgan fingerprint density at radius 2 is 2.17 bits per heavy atom. The van der Waals surface area contributed by atoms with Crippen LogP contribution in [0, 0.1) is 5.92 Å². The Labute approximate surface area is 142 Å². The molecule has 0 aliphatic carbocycles. The zero-order valence-corrected chi connectivity index (χ0v) is 14.6. The summed E-state index contributed by atoms with van der Waals surface area (Å²) in [7, 11) is 1.53. The monoisotopic (exact) mass is 338 g/mol. The van der Waals surface area contributed by atoms with Gasteiger partial charge in [0.15, 0.2) is 0 Å². The van der Waals surface area contributed by atoms with Gasteiger partial charge in [0.05, 0.1) is 12.1 Å². The molecule has 1 aliphatic rings. The van der Waals surface area contributed by atoms with E-state index in [1.54, 1.807) is 18.2 Å². The Balaban J connectivity index is 2.14. The van der Waals surface area contributed by atoms with Gasteiger partial charge < -0.3 is 14.5 Å². The molecule has 0 saturated carbocycles. The molecule has 0 bridgehead atoms. The van der Waals surface area contributed by atoms with Crippen molar-refractivity contribution in [3.8, 4) is 5.75 Å². The van der Waals surface area contributed by atoms with Gasteiger partial charge in [-0.3, -0.25) is 9.59 Å². The number of hydrogen-bond donors (Lipinski definition) is 0. The van der Waals surface area contributed by atoms with Crippen molar-refractivity contribution >= 4 is 29.1 Å². The number of rotatable bonds is 4. The zero-order chi connectivity index (χ0) is 17.0. The van der Waals surface area contributed by atoms with Crippen molar-refractivity contribution in [2.45, 2.75) is 26.7 Å². The van der Waals surface area contributed by atoms with E-state index >= 15 is 0 Å². The number of carbonyl (C=O) groups excluding carboxylic acids is 2. The first kappa shape index (κ1) is 17.6. The van der Waals surface area contributed by atoms with Gasteiger partial charge in [0, 0.05) is 25.7 Å². The van der Waals surface area contributed by atoms with Crippen molar-refractivity contribution in [1.82, 2.24) is 4.90 Å². The number of amides is 2. The summed E-state index contributed by atoms with van der Waals surface area (Å²) in [6, 6.07) is 5.08. The van der Waals surface area contributed by atoms with Crippen LogP contribution in [0.3, 0.4) is 0 Å². The number of nitrogens with zero attached hydrogens (tertiary/aromatic N) is 2. The van der Waals surface area contributed by atoms with Crippen molar-refractivity contribution in [3.63, 3.8) is 0 Å². The normalized spacial score (nSPS) is 17.7. The van der Waals surface area contributed by atoms with Crippen molar-refractivity contribution in [3.05, 3.63) is 23.2 Å². The van der Waals surface area contributed by atoms with Crippen LogP contribution in [0.15, 0.2) is 18.2 Å². The number of halogens is 1. The van der Waals surface area contributed by atoms with E-state index in [9.17, 15) is 9.59 Å². The first-order chi connectivity index (χ1) is 10.9. The molecule has 0 spiro atoms. The molecule has 1 saturated heterocycles. The number of benzene rings is 1. The summed E-state index contributed by atoms with van der Waals surface area (Å²) >= 11 is 6.12. The molecule has 1 aliphatic heterocycles. The van der Waals surface area contributed by atoms with Crippen LogP contribution < -0.4 is 9.64 Å². The molecule has 0 aromatic heterocycles. The third kappa shape index (κ3) is 4.38. The Hall–Kier alpha value is -1.75. The Bertz CT molecular complexity index is 591. The summed E-state index contributed by atoms with van der Waals surface area (Å²) in [6.07, 6.45) is 2.16. The molecule has 23 heavy (non-hydrogen) atoms. The molecule has 0 N–H and O–H groups in total. The quantitative estimate of drug-likeness (QED) is 0.848. The molecule has 1 heterocycles. The van der Waals surface area contributed by atoms with E-state index in [2.05, 4.69) is 6.92 Å². The van der Waals surface area contributed by atoms with Crippen molar-refractivity contribution in [2.75, 3.05) is 31.6 Å². The first-order valence-corrected chi connectivity index (χ1v) is 8.19. The standard InChI is InChI=1S/C17H23ClN2O3/c1-12-5-4-8-19(10-12)17(22)11-20(13(2)21)14-6-7-16(23-3)15(18)9-14/h6-7,9,12H,4-5,8,10-11H2,1-3H3. The maximum Gasteiger partial charge on any atom is 0.242 e. The van der Waals surface area contributed by atoms with E-state index in [0.717, 1.165) is 25.9 Å². The summed E-state index contributed by atoms with van der Waals surface area (Å²) in [5.74, 6) is 0.826. The fourth-order valence-corrected chi connectivity index (χ4v) is 3.11. The Morgan fingerprint density at radius 3 is 2.74 bits per heavy atom. The number of likely N-dealkylation sites (tertiary alicyclic amines) is 1. The summed E-state index contributed by atoms with van der Waals surface area (Å²) in [6.45, 7) is 5.15. The largest absolute Gasteiger partial charge is 0.495 e. The highest BCUT2D eigenvalue weighted by Gasteiger charge is 2.24. The number of methoxy groups -OCH3 is 1. The predicted molar refractivity (Wildman–Crippen MR) is 91.0 cm³/mol. The van der Waals surface area contributed by atoms with E-state index in [4.69, 9.17) is 16.3 Å². The van der Waals surface area contributed by atoms with Crippen molar-refractivity contribution in [1.29, 1.82) is 0 Å². The number of piperidine rings is 1. The molecule has 2 amide bonds. The van der Waals surface area contributed by atoms with Gasteiger partial charge in [-0.05, 0) is 37.0 Å². The second-order valence-electron chi connectivity index (χ2n) is 6.01. The van der Waals surface area contributed by atoms with E-state index < -0.39 is 0 Å². The lowest BCUT2D eigenvalue weighted by Gasteiger charge is -2.32. The number of ether oxygens (including phenoxy) is 1. The molecule has 1 aromatic rings. The lowest BCUT2D eigenvalue weighted by molar-refractivity contribution is -0.132. The maximum absolute atomic E-state index is 12.5. The van der Waals surface area contributed by atoms with E-state index in [1.165, 1.54) is 18.9 Å². The van der Waals surface area contributed by atoms with Crippen LogP contribution in [0.25, 0.3) is 0 Å². The smallest absolute Gasteiger partial charge is 0.242 e. The molecule has 1 fully saturated rings. The van der Waals surface area contributed by atoms with Gasteiger partial charge in [-0.1, -0.05) is 18.5 Å². The summed E-state index contributed by atoms with van der Waals surface area (Å²) < 4.78 is 5.12. The van der Waals surface area contributed by atoms with E-state index in [-0.39, 0.29) is 18.4 Å². The van der Waals surface area contributed by atoms with Gasteiger partial charge in [0.25, 0.3) is 0 Å². The third-order valence-electron chi connectivity index (χ3n) is 4.13. The van der Waals surface area contributed by atoms with Crippen LogP contribution in [0.5, 0.6) is 5.75 Å². The van der Waals surface area contributed by atoms with E-state index in [0.29, 0.717) is 22.4 Å². The fourth-order valence-electron chi connectivity index (χ4n) is 2.86. The molecule has 6 heteroatoms. The maximum atomic E-state index is 12.5. The Morgan fingerprint density at radius 1 is 1.43 bits per heavy atom. The molecule has 0 radical (unpaired) electrons. The summed E-state index contributed by atoms with van der Waals surface area (Å²) in [5, 5.41) is 0.412. The highest BCUT2D eigenvalue weighted by atomic mass is 35.5.